The number of hydrogen-bond donors (Lipinski definition) is 3. The Morgan fingerprint density at radius 3 is 2.55 bits per heavy atom. The quantitative estimate of drug-likeness (QED) is 0.690. The number of carbonyl (C=O) groups is 2. The number of nitrogens with one attached hydrogen (secondary N) is 2. The Morgan fingerprint density at radius 2 is 2.00 bits per heavy atom. The smallest absolute Gasteiger partial charge is 0.257 e. The Bertz CT molecular complexity index is 470. The lowest BCUT2D eigenvalue weighted by Crippen LogP contribution is -2.31. The molecule has 20 heavy (non-hydrogen) atoms. The van der Waals surface area contributed by atoms with Crippen LogP contribution in [0.1, 0.15) is 30.6 Å². The summed E-state index contributed by atoms with van der Waals surface area (Å²) < 4.78 is 3.95. The number of nitrogen functional groups attached to an aromatic ring is 1. The molecule has 7 nitrogen and oxygen atoms in total. The van der Waals surface area contributed by atoms with Crippen LogP contribution in [0.2, 0.25) is 0 Å². The SMILES string of the molecule is CCN(CC)C(=O)CCNc1snc(N)c1C(=O)NC. The highest BCUT2D eigenvalue weighted by Gasteiger charge is 2.18. The third kappa shape index (κ3) is 3.83. The van der Waals surface area contributed by atoms with Crippen molar-refractivity contribution in [3.8, 4) is 0 Å². The van der Waals surface area contributed by atoms with Gasteiger partial charge in [-0.3, -0.25) is 9.59 Å². The molecule has 0 saturated heterocycles. The molecule has 1 heterocycles. The van der Waals surface area contributed by atoms with E-state index in [1.807, 2.05) is 13.8 Å². The molecule has 0 saturated carbocycles. The van der Waals surface area contributed by atoms with Crippen LogP contribution >= 0.6 is 11.5 Å². The molecule has 2 amide bonds. The van der Waals surface area contributed by atoms with Gasteiger partial charge in [-0.1, -0.05) is 0 Å². The molecule has 0 aliphatic carbocycles. The van der Waals surface area contributed by atoms with Gasteiger partial charge in [0.25, 0.3) is 5.91 Å². The molecule has 0 unspecified atom stereocenters. The molecule has 0 atom stereocenters. The number of rotatable bonds is 7. The highest BCUT2D eigenvalue weighted by atomic mass is 32.1. The Morgan fingerprint density at radius 1 is 1.35 bits per heavy atom. The number of aromatic nitrogens is 1. The maximum atomic E-state index is 11.8. The predicted octanol–water partition coefficient (Wildman–Crippen LogP) is 0.755. The number of carbonyl (C=O) groups excluding carboxylic acids is 2. The summed E-state index contributed by atoms with van der Waals surface area (Å²) in [5, 5.41) is 6.16. The fourth-order valence-electron chi connectivity index (χ4n) is 1.78. The predicted molar refractivity (Wildman–Crippen MR) is 81.0 cm³/mol. The van der Waals surface area contributed by atoms with Crippen LogP contribution < -0.4 is 16.4 Å². The van der Waals surface area contributed by atoms with Crippen molar-refractivity contribution in [3.05, 3.63) is 5.56 Å². The molecule has 8 heteroatoms. The number of anilines is 2. The Hall–Kier alpha value is -1.83. The van der Waals surface area contributed by atoms with Gasteiger partial charge >= 0.3 is 0 Å². The standard InChI is InChI=1S/C12H21N5O2S/c1-4-17(5-2)8(18)6-7-15-12-9(11(19)14-3)10(13)16-20-12/h15H,4-7H2,1-3H3,(H2,13,16)(H,14,19). The molecule has 0 aliphatic heterocycles. The molecule has 1 aromatic rings. The summed E-state index contributed by atoms with van der Waals surface area (Å²) in [5.74, 6) is 0.00205. The third-order valence-electron chi connectivity index (χ3n) is 2.91. The summed E-state index contributed by atoms with van der Waals surface area (Å²) in [7, 11) is 1.53. The molecular weight excluding hydrogens is 278 g/mol. The maximum absolute atomic E-state index is 11.8. The van der Waals surface area contributed by atoms with Crippen molar-refractivity contribution in [2.24, 2.45) is 0 Å². The molecule has 0 aliphatic rings. The average molecular weight is 299 g/mol. The van der Waals surface area contributed by atoms with Gasteiger partial charge in [-0.2, -0.15) is 4.37 Å². The Balaban J connectivity index is 2.59. The first-order valence-corrected chi connectivity index (χ1v) is 7.31. The molecule has 0 fully saturated rings. The van der Waals surface area contributed by atoms with Gasteiger partial charge in [-0.15, -0.1) is 0 Å². The molecule has 1 aromatic heterocycles. The molecule has 112 valence electrons. The van der Waals surface area contributed by atoms with Gasteiger partial charge in [0.05, 0.1) is 0 Å². The van der Waals surface area contributed by atoms with E-state index in [-0.39, 0.29) is 17.6 Å². The third-order valence-corrected chi connectivity index (χ3v) is 3.73. The van der Waals surface area contributed by atoms with Gasteiger partial charge in [0, 0.05) is 33.1 Å². The molecule has 4 N–H and O–H groups in total. The molecule has 0 bridgehead atoms. The van der Waals surface area contributed by atoms with E-state index in [0.29, 0.717) is 36.6 Å². The van der Waals surface area contributed by atoms with Crippen molar-refractivity contribution in [3.63, 3.8) is 0 Å². The molecular formula is C12H21N5O2S. The zero-order valence-corrected chi connectivity index (χ0v) is 12.8. The molecule has 0 radical (unpaired) electrons. The van der Waals surface area contributed by atoms with Crippen molar-refractivity contribution in [2.45, 2.75) is 20.3 Å². The lowest BCUT2D eigenvalue weighted by Gasteiger charge is -2.18. The Kier molecular flexibility index (Phi) is 6.23. The van der Waals surface area contributed by atoms with Crippen molar-refractivity contribution in [1.29, 1.82) is 0 Å². The van der Waals surface area contributed by atoms with E-state index < -0.39 is 0 Å². The minimum atomic E-state index is -0.284. The first-order valence-electron chi connectivity index (χ1n) is 6.53. The van der Waals surface area contributed by atoms with E-state index in [4.69, 9.17) is 5.73 Å². The number of nitrogens with two attached hydrogens (primary N) is 1. The van der Waals surface area contributed by atoms with Crippen LogP contribution in [-0.4, -0.2) is 47.8 Å². The topological polar surface area (TPSA) is 100 Å². The summed E-state index contributed by atoms with van der Waals surface area (Å²) in [6.45, 7) is 5.74. The number of hydrogen-bond acceptors (Lipinski definition) is 6. The highest BCUT2D eigenvalue weighted by Crippen LogP contribution is 2.26. The second-order valence-corrected chi connectivity index (χ2v) is 4.87. The maximum Gasteiger partial charge on any atom is 0.257 e. The van der Waals surface area contributed by atoms with Gasteiger partial charge in [0.1, 0.15) is 10.6 Å². The summed E-state index contributed by atoms with van der Waals surface area (Å²) in [4.78, 5) is 25.3. The fraction of sp³-hybridized carbons (Fsp3) is 0.583. The number of amides is 2. The van der Waals surface area contributed by atoms with Crippen LogP contribution in [0.15, 0.2) is 0 Å². The molecule has 0 spiro atoms. The lowest BCUT2D eigenvalue weighted by molar-refractivity contribution is -0.130. The zero-order chi connectivity index (χ0) is 15.1. The fourth-order valence-corrected chi connectivity index (χ4v) is 2.52. The van der Waals surface area contributed by atoms with E-state index in [9.17, 15) is 9.59 Å². The lowest BCUT2D eigenvalue weighted by atomic mass is 10.3. The van der Waals surface area contributed by atoms with E-state index in [1.165, 1.54) is 7.05 Å². The van der Waals surface area contributed by atoms with Crippen LogP contribution in [0.3, 0.4) is 0 Å². The van der Waals surface area contributed by atoms with Gasteiger partial charge in [0.15, 0.2) is 5.82 Å². The van der Waals surface area contributed by atoms with E-state index in [0.717, 1.165) is 11.5 Å². The van der Waals surface area contributed by atoms with Gasteiger partial charge in [0.2, 0.25) is 5.91 Å². The largest absolute Gasteiger partial charge is 0.382 e. The van der Waals surface area contributed by atoms with Crippen molar-refractivity contribution < 1.29 is 9.59 Å². The van der Waals surface area contributed by atoms with E-state index in [1.54, 1.807) is 4.90 Å². The number of nitrogens with zero attached hydrogens (tertiary/aromatic N) is 2. The second kappa shape index (κ2) is 7.68. The van der Waals surface area contributed by atoms with Crippen LogP contribution in [0.5, 0.6) is 0 Å². The first kappa shape index (κ1) is 16.2. The van der Waals surface area contributed by atoms with Gasteiger partial charge in [-0.25, -0.2) is 0 Å². The van der Waals surface area contributed by atoms with Crippen LogP contribution in [0.25, 0.3) is 0 Å². The van der Waals surface area contributed by atoms with Crippen LogP contribution in [-0.2, 0) is 4.79 Å². The zero-order valence-electron chi connectivity index (χ0n) is 12.0. The highest BCUT2D eigenvalue weighted by molar-refractivity contribution is 7.11. The van der Waals surface area contributed by atoms with Crippen LogP contribution in [0.4, 0.5) is 10.8 Å². The summed E-state index contributed by atoms with van der Waals surface area (Å²) >= 11 is 1.12. The van der Waals surface area contributed by atoms with Crippen molar-refractivity contribution in [1.82, 2.24) is 14.6 Å². The minimum Gasteiger partial charge on any atom is -0.382 e. The van der Waals surface area contributed by atoms with Gasteiger partial charge in [-0.05, 0) is 25.4 Å². The van der Waals surface area contributed by atoms with Crippen molar-refractivity contribution >= 4 is 34.2 Å². The summed E-state index contributed by atoms with van der Waals surface area (Å²) in [5.41, 5.74) is 6.00. The van der Waals surface area contributed by atoms with Crippen LogP contribution in [0, 0.1) is 0 Å². The molecule has 1 rings (SSSR count). The normalized spacial score (nSPS) is 10.2. The monoisotopic (exact) mass is 299 g/mol. The van der Waals surface area contributed by atoms with Crippen molar-refractivity contribution in [2.75, 3.05) is 37.7 Å². The summed E-state index contributed by atoms with van der Waals surface area (Å²) in [6.07, 6.45) is 0.368. The van der Waals surface area contributed by atoms with E-state index >= 15 is 0 Å². The minimum absolute atomic E-state index is 0.0847. The van der Waals surface area contributed by atoms with Gasteiger partial charge < -0.3 is 21.3 Å². The molecule has 0 aromatic carbocycles. The van der Waals surface area contributed by atoms with E-state index in [2.05, 4.69) is 15.0 Å². The Labute approximate surface area is 122 Å². The summed E-state index contributed by atoms with van der Waals surface area (Å²) in [6, 6.07) is 0. The average Bonchev–Trinajstić information content (AvgIpc) is 2.80. The first-order chi connectivity index (χ1) is 9.54. The second-order valence-electron chi connectivity index (χ2n) is 4.09.